The number of hydrogen-bond acceptors (Lipinski definition) is 2. The summed E-state index contributed by atoms with van der Waals surface area (Å²) >= 11 is 0. The molecule has 4 heteroatoms. The summed E-state index contributed by atoms with van der Waals surface area (Å²) in [5, 5.41) is 12.0. The van der Waals surface area contributed by atoms with E-state index < -0.39 is 0 Å². The molecular weight excluding hydrogens is 228 g/mol. The highest BCUT2D eigenvalue weighted by Gasteiger charge is 2.25. The molecule has 2 amide bonds. The Morgan fingerprint density at radius 3 is 2.83 bits per heavy atom. The van der Waals surface area contributed by atoms with Gasteiger partial charge >= 0.3 is 6.03 Å². The zero-order chi connectivity index (χ0) is 13.1. The van der Waals surface area contributed by atoms with Gasteiger partial charge in [-0.1, -0.05) is 6.07 Å². The van der Waals surface area contributed by atoms with Crippen molar-refractivity contribution < 1.29 is 9.90 Å². The van der Waals surface area contributed by atoms with Crippen molar-refractivity contribution in [3.05, 3.63) is 29.3 Å². The van der Waals surface area contributed by atoms with E-state index in [-0.39, 0.29) is 18.6 Å². The van der Waals surface area contributed by atoms with E-state index in [1.807, 2.05) is 32.0 Å². The van der Waals surface area contributed by atoms with Crippen molar-refractivity contribution in [1.82, 2.24) is 4.90 Å². The van der Waals surface area contributed by atoms with Gasteiger partial charge in [0.05, 0.1) is 0 Å². The van der Waals surface area contributed by atoms with Gasteiger partial charge in [0.2, 0.25) is 0 Å². The molecule has 0 aliphatic carbocycles. The minimum Gasteiger partial charge on any atom is -0.396 e. The van der Waals surface area contributed by atoms with Crippen molar-refractivity contribution >= 4 is 11.7 Å². The number of aliphatic hydroxyl groups excluding tert-OH is 1. The van der Waals surface area contributed by atoms with Gasteiger partial charge in [0.25, 0.3) is 0 Å². The van der Waals surface area contributed by atoms with Crippen molar-refractivity contribution in [2.45, 2.75) is 20.3 Å². The number of likely N-dealkylation sites (tertiary alicyclic amines) is 1. The van der Waals surface area contributed by atoms with Gasteiger partial charge in [-0.2, -0.15) is 0 Å². The van der Waals surface area contributed by atoms with Crippen LogP contribution in [0.25, 0.3) is 0 Å². The van der Waals surface area contributed by atoms with E-state index >= 15 is 0 Å². The summed E-state index contributed by atoms with van der Waals surface area (Å²) in [6.45, 7) is 5.61. The number of nitrogens with one attached hydrogen (secondary N) is 1. The van der Waals surface area contributed by atoms with Crippen molar-refractivity contribution in [1.29, 1.82) is 0 Å². The fraction of sp³-hybridized carbons (Fsp3) is 0.500. The van der Waals surface area contributed by atoms with Crippen molar-refractivity contribution in [3.8, 4) is 0 Å². The number of hydrogen-bond donors (Lipinski definition) is 2. The number of rotatable bonds is 2. The van der Waals surface area contributed by atoms with E-state index in [0.717, 1.165) is 18.7 Å². The highest BCUT2D eigenvalue weighted by molar-refractivity contribution is 5.89. The van der Waals surface area contributed by atoms with Crippen LogP contribution in [-0.2, 0) is 0 Å². The van der Waals surface area contributed by atoms with Gasteiger partial charge in [0.15, 0.2) is 0 Å². The lowest BCUT2D eigenvalue weighted by atomic mass is 10.1. The van der Waals surface area contributed by atoms with E-state index in [4.69, 9.17) is 5.11 Å². The molecule has 98 valence electrons. The molecule has 0 aromatic heterocycles. The SMILES string of the molecule is Cc1ccc(NC(=O)N2CCC(CO)C2)cc1C. The predicted octanol–water partition coefficient (Wildman–Crippen LogP) is 2.15. The number of carbonyl (C=O) groups excluding carboxylic acids is 1. The Balaban J connectivity index is 1.97. The van der Waals surface area contributed by atoms with Crippen LogP contribution in [0, 0.1) is 19.8 Å². The number of benzene rings is 1. The standard InChI is InChI=1S/C14H20N2O2/c1-10-3-4-13(7-11(10)2)15-14(18)16-6-5-12(8-16)9-17/h3-4,7,12,17H,5-6,8-9H2,1-2H3,(H,15,18). The lowest BCUT2D eigenvalue weighted by molar-refractivity contribution is 0.209. The first-order valence-corrected chi connectivity index (χ1v) is 6.34. The smallest absolute Gasteiger partial charge is 0.321 e. The second-order valence-electron chi connectivity index (χ2n) is 5.01. The molecule has 0 saturated carbocycles. The fourth-order valence-corrected chi connectivity index (χ4v) is 2.19. The normalized spacial score (nSPS) is 19.1. The Morgan fingerprint density at radius 1 is 1.44 bits per heavy atom. The first kappa shape index (κ1) is 12.9. The van der Waals surface area contributed by atoms with E-state index in [2.05, 4.69) is 5.32 Å². The summed E-state index contributed by atoms with van der Waals surface area (Å²) in [6, 6.07) is 5.83. The number of anilines is 1. The fourth-order valence-electron chi connectivity index (χ4n) is 2.19. The lowest BCUT2D eigenvalue weighted by Crippen LogP contribution is -2.33. The summed E-state index contributed by atoms with van der Waals surface area (Å²) in [7, 11) is 0. The van der Waals surface area contributed by atoms with Gasteiger partial charge in [-0.05, 0) is 43.5 Å². The van der Waals surface area contributed by atoms with E-state index in [9.17, 15) is 4.79 Å². The Labute approximate surface area is 108 Å². The third-order valence-electron chi connectivity index (χ3n) is 3.59. The predicted molar refractivity (Wildman–Crippen MR) is 71.7 cm³/mol. The third-order valence-corrected chi connectivity index (χ3v) is 3.59. The monoisotopic (exact) mass is 248 g/mol. The number of aryl methyl sites for hydroxylation is 2. The molecule has 1 saturated heterocycles. The van der Waals surface area contributed by atoms with Crippen LogP contribution in [0.3, 0.4) is 0 Å². The molecule has 1 aliphatic heterocycles. The minimum atomic E-state index is -0.0748. The molecule has 1 aromatic carbocycles. The van der Waals surface area contributed by atoms with Gasteiger partial charge in [-0.25, -0.2) is 4.79 Å². The van der Waals surface area contributed by atoms with Gasteiger partial charge in [0.1, 0.15) is 0 Å². The topological polar surface area (TPSA) is 52.6 Å². The van der Waals surface area contributed by atoms with Crippen LogP contribution in [0.4, 0.5) is 10.5 Å². The molecule has 0 spiro atoms. The van der Waals surface area contributed by atoms with E-state index in [1.165, 1.54) is 11.1 Å². The molecule has 1 atom stereocenters. The Kier molecular flexibility index (Phi) is 3.87. The van der Waals surface area contributed by atoms with E-state index in [0.29, 0.717) is 6.54 Å². The van der Waals surface area contributed by atoms with Crippen molar-refractivity contribution in [3.63, 3.8) is 0 Å². The Hall–Kier alpha value is -1.55. The third kappa shape index (κ3) is 2.82. The quantitative estimate of drug-likeness (QED) is 0.842. The number of aliphatic hydroxyl groups is 1. The van der Waals surface area contributed by atoms with Gasteiger partial charge < -0.3 is 15.3 Å². The van der Waals surface area contributed by atoms with Crippen LogP contribution in [0.15, 0.2) is 18.2 Å². The largest absolute Gasteiger partial charge is 0.396 e. The molecular formula is C14H20N2O2. The maximum atomic E-state index is 12.0. The maximum Gasteiger partial charge on any atom is 0.321 e. The highest BCUT2D eigenvalue weighted by Crippen LogP contribution is 2.18. The molecule has 2 N–H and O–H groups in total. The summed E-state index contributed by atoms with van der Waals surface area (Å²) in [5.74, 6) is 0.232. The summed E-state index contributed by atoms with van der Waals surface area (Å²) in [5.41, 5.74) is 3.22. The van der Waals surface area contributed by atoms with E-state index in [1.54, 1.807) is 4.90 Å². The summed E-state index contributed by atoms with van der Waals surface area (Å²) in [6.07, 6.45) is 0.886. The molecule has 0 bridgehead atoms. The van der Waals surface area contributed by atoms with Crippen LogP contribution >= 0.6 is 0 Å². The Bertz CT molecular complexity index is 445. The van der Waals surface area contributed by atoms with Crippen LogP contribution in [0.5, 0.6) is 0 Å². The zero-order valence-electron chi connectivity index (χ0n) is 10.9. The molecule has 1 unspecified atom stereocenters. The van der Waals surface area contributed by atoms with Crippen LogP contribution in [0.1, 0.15) is 17.5 Å². The second-order valence-corrected chi connectivity index (χ2v) is 5.01. The molecule has 4 nitrogen and oxygen atoms in total. The first-order chi connectivity index (χ1) is 8.60. The molecule has 1 aliphatic rings. The Morgan fingerprint density at radius 2 is 2.22 bits per heavy atom. The zero-order valence-corrected chi connectivity index (χ0v) is 10.9. The molecule has 2 rings (SSSR count). The summed E-state index contributed by atoms with van der Waals surface area (Å²) < 4.78 is 0. The molecule has 1 heterocycles. The highest BCUT2D eigenvalue weighted by atomic mass is 16.3. The average Bonchev–Trinajstić information content (AvgIpc) is 2.82. The van der Waals surface area contributed by atoms with Gasteiger partial charge in [-0.15, -0.1) is 0 Å². The van der Waals surface area contributed by atoms with Crippen LogP contribution < -0.4 is 5.32 Å². The first-order valence-electron chi connectivity index (χ1n) is 6.34. The maximum absolute atomic E-state index is 12.0. The minimum absolute atomic E-state index is 0.0748. The molecule has 18 heavy (non-hydrogen) atoms. The number of amides is 2. The van der Waals surface area contributed by atoms with Crippen molar-refractivity contribution in [2.24, 2.45) is 5.92 Å². The lowest BCUT2D eigenvalue weighted by Gasteiger charge is -2.17. The summed E-state index contributed by atoms with van der Waals surface area (Å²) in [4.78, 5) is 13.8. The van der Waals surface area contributed by atoms with Gasteiger partial charge in [-0.3, -0.25) is 0 Å². The number of carbonyl (C=O) groups is 1. The average molecular weight is 248 g/mol. The molecule has 0 radical (unpaired) electrons. The number of urea groups is 1. The molecule has 1 fully saturated rings. The second kappa shape index (κ2) is 5.40. The van der Waals surface area contributed by atoms with Crippen LogP contribution in [0.2, 0.25) is 0 Å². The van der Waals surface area contributed by atoms with Crippen LogP contribution in [-0.4, -0.2) is 35.7 Å². The van der Waals surface area contributed by atoms with Gasteiger partial charge in [0, 0.05) is 31.3 Å². The number of nitrogens with zero attached hydrogens (tertiary/aromatic N) is 1. The van der Waals surface area contributed by atoms with Crippen molar-refractivity contribution in [2.75, 3.05) is 25.0 Å². The molecule has 1 aromatic rings.